The van der Waals surface area contributed by atoms with Crippen LogP contribution in [-0.2, 0) is 0 Å². The molecule has 1 atom stereocenters. The molecule has 0 spiro atoms. The molecule has 1 fully saturated rings. The van der Waals surface area contributed by atoms with Gasteiger partial charge in [0.25, 0.3) is 5.91 Å². The highest BCUT2D eigenvalue weighted by molar-refractivity contribution is 6.42. The van der Waals surface area contributed by atoms with E-state index < -0.39 is 6.10 Å². The van der Waals surface area contributed by atoms with E-state index in [9.17, 15) is 9.90 Å². The van der Waals surface area contributed by atoms with Gasteiger partial charge in [0.2, 0.25) is 0 Å². The molecule has 2 heterocycles. The zero-order valence-electron chi connectivity index (χ0n) is 11.7. The fraction of sp³-hybridized carbons (Fsp3) is 0.333. The number of hydrogen-bond donors (Lipinski definition) is 1. The van der Waals surface area contributed by atoms with Gasteiger partial charge in [0.15, 0.2) is 5.69 Å². The summed E-state index contributed by atoms with van der Waals surface area (Å²) in [4.78, 5) is 14.0. The highest BCUT2D eigenvalue weighted by Crippen LogP contribution is 2.24. The highest BCUT2D eigenvalue weighted by Gasteiger charge is 2.24. The number of hydrogen-bond acceptors (Lipinski definition) is 3. The van der Waals surface area contributed by atoms with Gasteiger partial charge in [0.1, 0.15) is 0 Å². The molecule has 1 aromatic carbocycles. The maximum Gasteiger partial charge on any atom is 0.274 e. The number of benzene rings is 1. The van der Waals surface area contributed by atoms with Gasteiger partial charge in [0.05, 0.1) is 21.8 Å². The molecule has 1 aromatic heterocycles. The number of likely N-dealkylation sites (tertiary alicyclic amines) is 1. The number of aliphatic hydroxyl groups excluding tert-OH is 1. The normalized spacial score (nSPS) is 18.5. The first-order chi connectivity index (χ1) is 10.5. The molecule has 1 N–H and O–H groups in total. The van der Waals surface area contributed by atoms with Crippen LogP contribution < -0.4 is 0 Å². The number of aromatic nitrogens is 2. The number of rotatable bonds is 2. The SMILES string of the molecule is O=C(c1ccn(-c2ccc(Cl)c(Cl)c2)n1)N1CCCC(O)C1. The molecule has 0 radical (unpaired) electrons. The third-order valence-electron chi connectivity index (χ3n) is 3.66. The molecule has 1 unspecified atom stereocenters. The number of amides is 1. The van der Waals surface area contributed by atoms with Crippen LogP contribution in [-0.4, -0.2) is 44.9 Å². The van der Waals surface area contributed by atoms with E-state index in [1.165, 1.54) is 0 Å². The van der Waals surface area contributed by atoms with Crippen LogP contribution in [0.2, 0.25) is 10.0 Å². The largest absolute Gasteiger partial charge is 0.391 e. The predicted molar refractivity (Wildman–Crippen MR) is 84.7 cm³/mol. The summed E-state index contributed by atoms with van der Waals surface area (Å²) in [6.45, 7) is 1.01. The lowest BCUT2D eigenvalue weighted by Crippen LogP contribution is -2.42. The van der Waals surface area contributed by atoms with Crippen LogP contribution in [0.1, 0.15) is 23.3 Å². The van der Waals surface area contributed by atoms with Crippen LogP contribution >= 0.6 is 23.2 Å². The first kappa shape index (κ1) is 15.3. The Bertz CT molecular complexity index is 702. The Balaban J connectivity index is 1.81. The fourth-order valence-corrected chi connectivity index (χ4v) is 2.80. The van der Waals surface area contributed by atoms with Crippen molar-refractivity contribution in [3.63, 3.8) is 0 Å². The molecule has 1 saturated heterocycles. The first-order valence-electron chi connectivity index (χ1n) is 7.03. The van der Waals surface area contributed by atoms with Gasteiger partial charge >= 0.3 is 0 Å². The molecule has 3 rings (SSSR count). The van der Waals surface area contributed by atoms with Gasteiger partial charge in [-0.05, 0) is 37.1 Å². The Hall–Kier alpha value is -1.56. The van der Waals surface area contributed by atoms with Gasteiger partial charge < -0.3 is 10.0 Å². The van der Waals surface area contributed by atoms with Crippen LogP contribution in [0.15, 0.2) is 30.5 Å². The van der Waals surface area contributed by atoms with E-state index in [0.717, 1.165) is 18.5 Å². The lowest BCUT2D eigenvalue weighted by molar-refractivity contribution is 0.0468. The van der Waals surface area contributed by atoms with Crippen molar-refractivity contribution in [3.05, 3.63) is 46.2 Å². The summed E-state index contributed by atoms with van der Waals surface area (Å²) < 4.78 is 1.58. The molecule has 2 aromatic rings. The number of aliphatic hydroxyl groups is 1. The zero-order chi connectivity index (χ0) is 15.7. The maximum absolute atomic E-state index is 12.4. The minimum Gasteiger partial charge on any atom is -0.391 e. The second-order valence-electron chi connectivity index (χ2n) is 5.29. The van der Waals surface area contributed by atoms with E-state index in [-0.39, 0.29) is 5.91 Å². The fourth-order valence-electron chi connectivity index (χ4n) is 2.51. The molecule has 1 amide bonds. The van der Waals surface area contributed by atoms with Gasteiger partial charge in [0, 0.05) is 19.3 Å². The standard InChI is InChI=1S/C15H15Cl2N3O2/c16-12-4-3-10(8-13(12)17)20-7-5-14(18-20)15(22)19-6-1-2-11(21)9-19/h3-5,7-8,11,21H,1-2,6,9H2. The van der Waals surface area contributed by atoms with Gasteiger partial charge in [-0.25, -0.2) is 4.68 Å². The van der Waals surface area contributed by atoms with Gasteiger partial charge in [-0.15, -0.1) is 0 Å². The Morgan fingerprint density at radius 3 is 2.82 bits per heavy atom. The topological polar surface area (TPSA) is 58.4 Å². The second kappa shape index (κ2) is 6.28. The average Bonchev–Trinajstić information content (AvgIpc) is 2.99. The molecule has 0 aliphatic carbocycles. The molecular formula is C15H15Cl2N3O2. The molecular weight excluding hydrogens is 325 g/mol. The lowest BCUT2D eigenvalue weighted by atomic mass is 10.1. The van der Waals surface area contributed by atoms with Crippen molar-refractivity contribution in [2.45, 2.75) is 18.9 Å². The minimum atomic E-state index is -0.449. The summed E-state index contributed by atoms with van der Waals surface area (Å²) in [7, 11) is 0. The number of piperidine rings is 1. The van der Waals surface area contributed by atoms with Crippen LogP contribution in [0.25, 0.3) is 5.69 Å². The molecule has 5 nitrogen and oxygen atoms in total. The summed E-state index contributed by atoms with van der Waals surface area (Å²) in [6, 6.07) is 6.81. The van der Waals surface area contributed by atoms with E-state index in [1.54, 1.807) is 40.0 Å². The summed E-state index contributed by atoms with van der Waals surface area (Å²) >= 11 is 11.9. The molecule has 7 heteroatoms. The third-order valence-corrected chi connectivity index (χ3v) is 4.40. The molecule has 0 saturated carbocycles. The zero-order valence-corrected chi connectivity index (χ0v) is 13.3. The molecule has 1 aliphatic rings. The first-order valence-corrected chi connectivity index (χ1v) is 7.78. The summed E-state index contributed by atoms with van der Waals surface area (Å²) in [6.07, 6.45) is 2.80. The number of carbonyl (C=O) groups excluding carboxylic acids is 1. The minimum absolute atomic E-state index is 0.169. The highest BCUT2D eigenvalue weighted by atomic mass is 35.5. The maximum atomic E-state index is 12.4. The number of nitrogens with zero attached hydrogens (tertiary/aromatic N) is 3. The van der Waals surface area contributed by atoms with Crippen LogP contribution in [0.5, 0.6) is 0 Å². The van der Waals surface area contributed by atoms with Crippen molar-refractivity contribution in [2.75, 3.05) is 13.1 Å². The van der Waals surface area contributed by atoms with Crippen molar-refractivity contribution in [3.8, 4) is 5.69 Å². The van der Waals surface area contributed by atoms with Crippen LogP contribution in [0, 0.1) is 0 Å². The van der Waals surface area contributed by atoms with Crippen molar-refractivity contribution in [1.82, 2.24) is 14.7 Å². The van der Waals surface area contributed by atoms with Crippen molar-refractivity contribution < 1.29 is 9.90 Å². The smallest absolute Gasteiger partial charge is 0.274 e. The van der Waals surface area contributed by atoms with Crippen LogP contribution in [0.3, 0.4) is 0 Å². The van der Waals surface area contributed by atoms with E-state index in [4.69, 9.17) is 23.2 Å². The van der Waals surface area contributed by atoms with Gasteiger partial charge in [-0.3, -0.25) is 4.79 Å². The Kier molecular flexibility index (Phi) is 4.38. The van der Waals surface area contributed by atoms with Crippen molar-refractivity contribution in [1.29, 1.82) is 0 Å². The van der Waals surface area contributed by atoms with Crippen molar-refractivity contribution in [2.24, 2.45) is 0 Å². The number of halogens is 2. The molecule has 22 heavy (non-hydrogen) atoms. The van der Waals surface area contributed by atoms with E-state index in [0.29, 0.717) is 28.8 Å². The number of β-amino-alcohol motifs (C(OH)–C–C–N with tert-alkyl or cyclic N) is 1. The average molecular weight is 340 g/mol. The molecule has 0 bridgehead atoms. The van der Waals surface area contributed by atoms with Crippen LogP contribution in [0.4, 0.5) is 0 Å². The van der Waals surface area contributed by atoms with E-state index in [1.807, 2.05) is 0 Å². The molecule has 1 aliphatic heterocycles. The lowest BCUT2D eigenvalue weighted by Gasteiger charge is -2.29. The number of carbonyl (C=O) groups is 1. The molecule has 116 valence electrons. The predicted octanol–water partition coefficient (Wildman–Crippen LogP) is 2.78. The Labute approximate surface area is 138 Å². The van der Waals surface area contributed by atoms with Gasteiger partial charge in [-0.2, -0.15) is 5.10 Å². The Morgan fingerprint density at radius 1 is 1.27 bits per heavy atom. The third kappa shape index (κ3) is 3.11. The summed E-state index contributed by atoms with van der Waals surface area (Å²) in [5, 5.41) is 14.9. The quantitative estimate of drug-likeness (QED) is 0.915. The summed E-state index contributed by atoms with van der Waals surface area (Å²) in [5.41, 5.74) is 1.08. The Morgan fingerprint density at radius 2 is 2.09 bits per heavy atom. The second-order valence-corrected chi connectivity index (χ2v) is 6.11. The van der Waals surface area contributed by atoms with Gasteiger partial charge in [-0.1, -0.05) is 23.2 Å². The monoisotopic (exact) mass is 339 g/mol. The van der Waals surface area contributed by atoms with E-state index >= 15 is 0 Å². The van der Waals surface area contributed by atoms with Crippen molar-refractivity contribution >= 4 is 29.1 Å². The summed E-state index contributed by atoms with van der Waals surface area (Å²) in [5.74, 6) is -0.169. The van der Waals surface area contributed by atoms with E-state index in [2.05, 4.69) is 5.10 Å².